The Balaban J connectivity index is 2.31. The molecule has 1 heterocycles. The van der Waals surface area contributed by atoms with E-state index in [9.17, 15) is 0 Å². The second kappa shape index (κ2) is 5.69. The maximum Gasteiger partial charge on any atom is 0.149 e. The first-order valence-corrected chi connectivity index (χ1v) is 7.35. The average molecular weight is 441 g/mol. The standard InChI is InChI=1S/C11H6Br3ClN2/c12-6-1-2-10(8(14)3-6)17-11-9(15)4-7(13)5-16-11/h1-5H,(H,16,17). The maximum absolute atomic E-state index is 6.08. The largest absolute Gasteiger partial charge is 0.338 e. The Morgan fingerprint density at radius 1 is 1.06 bits per heavy atom. The zero-order valence-corrected chi connectivity index (χ0v) is 13.9. The van der Waals surface area contributed by atoms with Crippen LogP contribution >= 0.6 is 59.4 Å². The molecule has 2 rings (SSSR count). The van der Waals surface area contributed by atoms with Gasteiger partial charge in [0.2, 0.25) is 0 Å². The van der Waals surface area contributed by atoms with Crippen molar-refractivity contribution in [1.82, 2.24) is 4.98 Å². The summed E-state index contributed by atoms with van der Waals surface area (Å²) < 4.78 is 2.79. The van der Waals surface area contributed by atoms with Crippen LogP contribution in [0.4, 0.5) is 11.5 Å². The Kier molecular flexibility index (Phi) is 4.47. The molecule has 0 radical (unpaired) electrons. The molecule has 0 atom stereocenters. The van der Waals surface area contributed by atoms with E-state index < -0.39 is 0 Å². The molecule has 0 saturated carbocycles. The number of hydrogen-bond acceptors (Lipinski definition) is 2. The predicted molar refractivity (Wildman–Crippen MR) is 82.1 cm³/mol. The smallest absolute Gasteiger partial charge is 0.149 e. The molecular weight excluding hydrogens is 435 g/mol. The van der Waals surface area contributed by atoms with Crippen molar-refractivity contribution in [1.29, 1.82) is 0 Å². The van der Waals surface area contributed by atoms with Crippen LogP contribution in [-0.4, -0.2) is 4.98 Å². The number of aromatic nitrogens is 1. The van der Waals surface area contributed by atoms with Crippen LogP contribution in [0, 0.1) is 0 Å². The molecule has 17 heavy (non-hydrogen) atoms. The number of nitrogens with one attached hydrogen (secondary N) is 1. The third-order valence-corrected chi connectivity index (χ3v) is 3.86. The highest BCUT2D eigenvalue weighted by atomic mass is 79.9. The van der Waals surface area contributed by atoms with E-state index in [1.165, 1.54) is 0 Å². The number of benzene rings is 1. The molecule has 2 aromatic rings. The number of rotatable bonds is 2. The zero-order chi connectivity index (χ0) is 12.4. The van der Waals surface area contributed by atoms with Gasteiger partial charge in [-0.1, -0.05) is 27.5 Å². The Bertz CT molecular complexity index is 511. The van der Waals surface area contributed by atoms with E-state index in [1.54, 1.807) is 12.3 Å². The molecule has 0 fully saturated rings. The van der Waals surface area contributed by atoms with E-state index >= 15 is 0 Å². The van der Waals surface area contributed by atoms with Gasteiger partial charge in [0.25, 0.3) is 0 Å². The van der Waals surface area contributed by atoms with Gasteiger partial charge in [-0.15, -0.1) is 0 Å². The summed E-state index contributed by atoms with van der Waals surface area (Å²) in [5.74, 6) is 0.623. The fourth-order valence-electron chi connectivity index (χ4n) is 1.22. The Morgan fingerprint density at radius 3 is 2.47 bits per heavy atom. The predicted octanol–water partition coefficient (Wildman–Crippen LogP) is 5.77. The van der Waals surface area contributed by atoms with Crippen LogP contribution in [0.3, 0.4) is 0 Å². The van der Waals surface area contributed by atoms with Gasteiger partial charge < -0.3 is 5.32 Å². The van der Waals surface area contributed by atoms with Crippen LogP contribution in [0.25, 0.3) is 0 Å². The van der Waals surface area contributed by atoms with Gasteiger partial charge in [0.05, 0.1) is 10.7 Å². The SMILES string of the molecule is Clc1cc(Br)cnc1Nc1ccc(Br)cc1Br. The summed E-state index contributed by atoms with van der Waals surface area (Å²) in [5, 5.41) is 3.73. The quantitative estimate of drug-likeness (QED) is 0.641. The topological polar surface area (TPSA) is 24.9 Å². The fourth-order valence-corrected chi connectivity index (χ4v) is 3.05. The molecular formula is C11H6Br3ClN2. The van der Waals surface area contributed by atoms with Crippen LogP contribution in [0.15, 0.2) is 43.9 Å². The molecule has 0 bridgehead atoms. The summed E-state index contributed by atoms with van der Waals surface area (Å²) in [6, 6.07) is 7.63. The molecule has 0 aliphatic heterocycles. The van der Waals surface area contributed by atoms with Gasteiger partial charge in [0.15, 0.2) is 0 Å². The molecule has 1 aromatic heterocycles. The molecule has 0 aliphatic carbocycles. The second-order valence-corrected chi connectivity index (χ2v) is 6.33. The van der Waals surface area contributed by atoms with Crippen molar-refractivity contribution in [2.75, 3.05) is 5.32 Å². The van der Waals surface area contributed by atoms with Crippen LogP contribution < -0.4 is 5.32 Å². The van der Waals surface area contributed by atoms with Crippen LogP contribution in [0.1, 0.15) is 0 Å². The third kappa shape index (κ3) is 3.44. The molecule has 0 aliphatic rings. The second-order valence-electron chi connectivity index (χ2n) is 3.23. The number of pyridine rings is 1. The van der Waals surface area contributed by atoms with Gasteiger partial charge in [-0.2, -0.15) is 0 Å². The van der Waals surface area contributed by atoms with E-state index in [-0.39, 0.29) is 0 Å². The van der Waals surface area contributed by atoms with Crippen molar-refractivity contribution < 1.29 is 0 Å². The lowest BCUT2D eigenvalue weighted by Crippen LogP contribution is -1.95. The number of halogens is 4. The Labute approximate surface area is 129 Å². The van der Waals surface area contributed by atoms with Crippen molar-refractivity contribution in [2.45, 2.75) is 0 Å². The summed E-state index contributed by atoms with van der Waals surface area (Å²) >= 11 is 16.3. The minimum Gasteiger partial charge on any atom is -0.338 e. The summed E-state index contributed by atoms with van der Waals surface area (Å²) in [4.78, 5) is 4.21. The molecule has 1 aromatic carbocycles. The zero-order valence-electron chi connectivity index (χ0n) is 8.35. The van der Waals surface area contributed by atoms with Crippen molar-refractivity contribution >= 4 is 70.9 Å². The minimum absolute atomic E-state index is 0.564. The number of anilines is 2. The molecule has 88 valence electrons. The van der Waals surface area contributed by atoms with Crippen LogP contribution in [0.2, 0.25) is 5.02 Å². The van der Waals surface area contributed by atoms with E-state index in [0.717, 1.165) is 19.1 Å². The maximum atomic E-state index is 6.08. The highest BCUT2D eigenvalue weighted by molar-refractivity contribution is 9.11. The first-order valence-electron chi connectivity index (χ1n) is 4.59. The van der Waals surface area contributed by atoms with Crippen LogP contribution in [0.5, 0.6) is 0 Å². The van der Waals surface area contributed by atoms with Gasteiger partial charge in [-0.25, -0.2) is 4.98 Å². The average Bonchev–Trinajstić information content (AvgIpc) is 2.25. The lowest BCUT2D eigenvalue weighted by Gasteiger charge is -2.09. The first kappa shape index (κ1) is 13.3. The lowest BCUT2D eigenvalue weighted by atomic mass is 10.3. The van der Waals surface area contributed by atoms with Gasteiger partial charge in [0, 0.05) is 19.6 Å². The summed E-state index contributed by atoms with van der Waals surface area (Å²) in [7, 11) is 0. The highest BCUT2D eigenvalue weighted by Gasteiger charge is 2.06. The van der Waals surface area contributed by atoms with Gasteiger partial charge in [-0.3, -0.25) is 0 Å². The molecule has 6 heteroatoms. The number of hydrogen-bond donors (Lipinski definition) is 1. The third-order valence-electron chi connectivity index (χ3n) is 1.99. The highest BCUT2D eigenvalue weighted by Crippen LogP contribution is 2.31. The molecule has 2 nitrogen and oxygen atoms in total. The fraction of sp³-hybridized carbons (Fsp3) is 0. The van der Waals surface area contributed by atoms with E-state index in [4.69, 9.17) is 11.6 Å². The molecule has 1 N–H and O–H groups in total. The Hall–Kier alpha value is -0.100. The van der Waals surface area contributed by atoms with Crippen molar-refractivity contribution in [3.8, 4) is 0 Å². The van der Waals surface area contributed by atoms with Gasteiger partial charge in [0.1, 0.15) is 5.82 Å². The van der Waals surface area contributed by atoms with Gasteiger partial charge >= 0.3 is 0 Å². The van der Waals surface area contributed by atoms with Crippen molar-refractivity contribution in [2.24, 2.45) is 0 Å². The molecule has 0 spiro atoms. The van der Waals surface area contributed by atoms with E-state index in [1.807, 2.05) is 18.2 Å². The molecule has 0 amide bonds. The van der Waals surface area contributed by atoms with Gasteiger partial charge in [-0.05, 0) is 56.1 Å². The van der Waals surface area contributed by atoms with Crippen molar-refractivity contribution in [3.63, 3.8) is 0 Å². The van der Waals surface area contributed by atoms with Crippen molar-refractivity contribution in [3.05, 3.63) is 48.9 Å². The summed E-state index contributed by atoms with van der Waals surface area (Å²) in [6.07, 6.45) is 1.70. The monoisotopic (exact) mass is 438 g/mol. The molecule has 0 unspecified atom stereocenters. The Morgan fingerprint density at radius 2 is 1.82 bits per heavy atom. The normalized spacial score (nSPS) is 10.4. The summed E-state index contributed by atoms with van der Waals surface area (Å²) in [5.41, 5.74) is 0.907. The lowest BCUT2D eigenvalue weighted by molar-refractivity contribution is 1.29. The molecule has 0 saturated heterocycles. The minimum atomic E-state index is 0.564. The van der Waals surface area contributed by atoms with E-state index in [2.05, 4.69) is 58.1 Å². The summed E-state index contributed by atoms with van der Waals surface area (Å²) in [6.45, 7) is 0. The van der Waals surface area contributed by atoms with Crippen LogP contribution in [-0.2, 0) is 0 Å². The van der Waals surface area contributed by atoms with E-state index in [0.29, 0.717) is 10.8 Å². The first-order chi connectivity index (χ1) is 8.06. The number of nitrogens with zero attached hydrogens (tertiary/aromatic N) is 1.